The van der Waals surface area contributed by atoms with Gasteiger partial charge in [0.15, 0.2) is 11.5 Å². The first-order valence-corrected chi connectivity index (χ1v) is 9.67. The van der Waals surface area contributed by atoms with E-state index in [-0.39, 0.29) is 0 Å². The Morgan fingerprint density at radius 1 is 1.26 bits per heavy atom. The van der Waals surface area contributed by atoms with Crippen LogP contribution in [0.4, 0.5) is 0 Å². The molecule has 1 heterocycles. The highest BCUT2D eigenvalue weighted by Crippen LogP contribution is 2.66. The molecule has 8 heteroatoms. The zero-order chi connectivity index (χ0) is 14.0. The van der Waals surface area contributed by atoms with Gasteiger partial charge < -0.3 is 9.47 Å². The molecule has 1 aliphatic heterocycles. The van der Waals surface area contributed by atoms with Crippen molar-refractivity contribution < 1.29 is 17.3 Å². The lowest BCUT2D eigenvalue weighted by Gasteiger charge is -2.33. The highest BCUT2D eigenvalue weighted by atomic mass is 35.7. The Bertz CT molecular complexity index is 550. The van der Waals surface area contributed by atoms with Gasteiger partial charge in [-0.3, -0.25) is 0 Å². The third-order valence-electron chi connectivity index (χ3n) is 2.61. The topological polar surface area (TPSA) is 44.8 Å². The van der Waals surface area contributed by atoms with Gasteiger partial charge in [0.2, 0.25) is 0 Å². The molecule has 1 aromatic carbocycles. The molecule has 0 aromatic heterocycles. The van der Waals surface area contributed by atoms with E-state index < -0.39 is 19.8 Å². The normalized spacial score (nSPS) is 26.1. The van der Waals surface area contributed by atoms with Gasteiger partial charge in [0.05, 0.1) is 14.2 Å². The summed E-state index contributed by atoms with van der Waals surface area (Å²) in [4.78, 5) is 0.725. The van der Waals surface area contributed by atoms with Gasteiger partial charge >= 0.3 is 0 Å². The molecular formula is C11H12Cl2O4S2. The fourth-order valence-corrected chi connectivity index (χ4v) is 6.35. The fourth-order valence-electron chi connectivity index (χ4n) is 1.81. The van der Waals surface area contributed by atoms with Gasteiger partial charge in [-0.1, -0.05) is 12.2 Å². The van der Waals surface area contributed by atoms with Crippen molar-refractivity contribution in [2.45, 2.75) is 4.90 Å². The second-order valence-electron chi connectivity index (χ2n) is 3.67. The molecule has 4 nitrogen and oxygen atoms in total. The first kappa shape index (κ1) is 15.0. The molecule has 0 N–H and O–H groups in total. The number of ether oxygens (including phenoxy) is 2. The zero-order valence-electron chi connectivity index (χ0n) is 10.2. The van der Waals surface area contributed by atoms with Crippen LogP contribution in [0.2, 0.25) is 0 Å². The molecule has 0 fully saturated rings. The second kappa shape index (κ2) is 5.93. The highest BCUT2D eigenvalue weighted by molar-refractivity contribution is 8.50. The van der Waals surface area contributed by atoms with Crippen molar-refractivity contribution in [3.05, 3.63) is 23.8 Å². The molecule has 0 spiro atoms. The number of hydrogen-bond donors (Lipinski definition) is 0. The highest BCUT2D eigenvalue weighted by Gasteiger charge is 2.32. The van der Waals surface area contributed by atoms with E-state index in [0.29, 0.717) is 17.3 Å². The minimum Gasteiger partial charge on any atom is -0.493 e. The third-order valence-corrected chi connectivity index (χ3v) is 7.34. The van der Waals surface area contributed by atoms with Gasteiger partial charge in [-0.25, -0.2) is 7.84 Å². The quantitative estimate of drug-likeness (QED) is 0.780. The third kappa shape index (κ3) is 3.03. The summed E-state index contributed by atoms with van der Waals surface area (Å²) in [7, 11) is 10.8. The van der Waals surface area contributed by atoms with Crippen molar-refractivity contribution >= 4 is 47.3 Å². The van der Waals surface area contributed by atoms with Crippen LogP contribution < -0.4 is 9.47 Å². The van der Waals surface area contributed by atoms with Crippen LogP contribution in [0.5, 0.6) is 11.5 Å². The Hall–Kier alpha value is -0.400. The van der Waals surface area contributed by atoms with Crippen LogP contribution in [-0.2, 0) is 13.9 Å². The zero-order valence-corrected chi connectivity index (χ0v) is 13.4. The van der Waals surface area contributed by atoms with Crippen LogP contribution in [0.1, 0.15) is 5.56 Å². The predicted octanol–water partition coefficient (Wildman–Crippen LogP) is 3.80. The smallest absolute Gasteiger partial charge is 0.267 e. The number of rotatable bonds is 4. The van der Waals surface area contributed by atoms with E-state index in [0.717, 1.165) is 10.5 Å². The first-order valence-electron chi connectivity index (χ1n) is 5.21. The van der Waals surface area contributed by atoms with Gasteiger partial charge in [0.1, 0.15) is 0 Å². The lowest BCUT2D eigenvalue weighted by atomic mass is 10.2. The average Bonchev–Trinajstić information content (AvgIpc) is 2.36. The Kier molecular flexibility index (Phi) is 4.68. The summed E-state index contributed by atoms with van der Waals surface area (Å²) in [6.07, 6.45) is 3.77. The summed E-state index contributed by atoms with van der Waals surface area (Å²) in [5.41, 5.74) is 0.844. The van der Waals surface area contributed by atoms with E-state index >= 15 is 0 Å². The molecule has 2 rings (SSSR count). The maximum absolute atomic E-state index is 11.1. The van der Waals surface area contributed by atoms with Crippen molar-refractivity contribution in [2.24, 2.45) is 0 Å². The van der Waals surface area contributed by atoms with E-state index in [9.17, 15) is 4.21 Å². The van der Waals surface area contributed by atoms with Crippen LogP contribution in [0.3, 0.4) is 0 Å². The Balaban J connectivity index is 2.55. The molecule has 0 saturated carbocycles. The van der Waals surface area contributed by atoms with Crippen molar-refractivity contribution in [2.75, 3.05) is 20.0 Å². The van der Waals surface area contributed by atoms with Gasteiger partial charge in [-0.2, -0.15) is 0 Å². The van der Waals surface area contributed by atoms with Gasteiger partial charge in [0.25, 0.3) is 10.3 Å². The van der Waals surface area contributed by atoms with Crippen molar-refractivity contribution in [3.8, 4) is 11.5 Å². The SMILES string of the molecule is COc1cc2c(cc1OC)S(Cl)(OS(=O)Cl)CC=C2. The van der Waals surface area contributed by atoms with Crippen LogP contribution >= 0.6 is 30.9 Å². The molecule has 0 saturated heterocycles. The van der Waals surface area contributed by atoms with Crippen LogP contribution in [0.15, 0.2) is 23.1 Å². The number of methoxy groups -OCH3 is 2. The number of hydrogen-bond acceptors (Lipinski definition) is 4. The van der Waals surface area contributed by atoms with Crippen molar-refractivity contribution in [3.63, 3.8) is 0 Å². The Labute approximate surface area is 124 Å². The summed E-state index contributed by atoms with van der Waals surface area (Å²) in [6.45, 7) is 0. The monoisotopic (exact) mass is 342 g/mol. The summed E-state index contributed by atoms with van der Waals surface area (Å²) in [5, 5.41) is 0. The maximum Gasteiger partial charge on any atom is 0.267 e. The second-order valence-corrected chi connectivity index (χ2v) is 8.82. The molecule has 0 radical (unpaired) electrons. The standard InChI is InChI=1S/C11H12Cl2O4S2/c1-15-9-6-8-4-3-5-19(13,17-18(12)14)11(8)7-10(9)16-2/h3-4,6-7H,5H2,1-2H3. The summed E-state index contributed by atoms with van der Waals surface area (Å²) in [5.74, 6) is 1.58. The number of benzene rings is 1. The molecule has 1 aromatic rings. The summed E-state index contributed by atoms with van der Waals surface area (Å²) >= 11 is 0. The molecule has 0 bridgehead atoms. The van der Waals surface area contributed by atoms with E-state index in [2.05, 4.69) is 0 Å². The maximum atomic E-state index is 11.1. The lowest BCUT2D eigenvalue weighted by molar-refractivity contribution is 0.354. The van der Waals surface area contributed by atoms with Crippen molar-refractivity contribution in [1.29, 1.82) is 0 Å². The molecule has 0 amide bonds. The van der Waals surface area contributed by atoms with Gasteiger partial charge in [-0.05, 0) is 37.9 Å². The summed E-state index contributed by atoms with van der Waals surface area (Å²) < 4.78 is 26.8. The predicted molar refractivity (Wildman–Crippen MR) is 80.2 cm³/mol. The molecule has 1 aliphatic rings. The van der Waals surface area contributed by atoms with Crippen LogP contribution in [0, 0.1) is 0 Å². The fraction of sp³-hybridized carbons (Fsp3) is 0.273. The molecule has 19 heavy (non-hydrogen) atoms. The van der Waals surface area contributed by atoms with Gasteiger partial charge in [0, 0.05) is 21.3 Å². The molecule has 2 unspecified atom stereocenters. The van der Waals surface area contributed by atoms with E-state index in [1.165, 1.54) is 7.11 Å². The first-order chi connectivity index (χ1) is 9.00. The van der Waals surface area contributed by atoms with Gasteiger partial charge in [-0.15, -0.1) is 0 Å². The Morgan fingerprint density at radius 3 is 2.47 bits per heavy atom. The van der Waals surface area contributed by atoms with Crippen LogP contribution in [-0.4, -0.2) is 24.2 Å². The minimum atomic E-state index is -2.24. The van der Waals surface area contributed by atoms with E-state index in [1.54, 1.807) is 19.2 Å². The molecule has 0 aliphatic carbocycles. The largest absolute Gasteiger partial charge is 0.493 e. The Morgan fingerprint density at radius 2 is 1.89 bits per heavy atom. The summed E-state index contributed by atoms with van der Waals surface area (Å²) in [6, 6.07) is 3.54. The van der Waals surface area contributed by atoms with Crippen LogP contribution in [0.25, 0.3) is 6.08 Å². The van der Waals surface area contributed by atoms with E-state index in [4.69, 9.17) is 34.5 Å². The minimum absolute atomic E-state index is 0.440. The van der Waals surface area contributed by atoms with E-state index in [1.807, 2.05) is 12.2 Å². The molecule has 2 atom stereocenters. The van der Waals surface area contributed by atoms with Crippen molar-refractivity contribution in [1.82, 2.24) is 0 Å². The molecular weight excluding hydrogens is 331 g/mol. The average molecular weight is 343 g/mol. The number of halogens is 2. The number of fused-ring (bicyclic) bond motifs is 1. The molecule has 106 valence electrons. The lowest BCUT2D eigenvalue weighted by Crippen LogP contribution is -2.08.